The monoisotopic (exact) mass is 294 g/mol. The average Bonchev–Trinajstić information content (AvgIpc) is 2.91. The Morgan fingerprint density at radius 2 is 2.30 bits per heavy atom. The maximum atomic E-state index is 12.0. The molecule has 104 valence electrons. The number of halogens is 1. The van der Waals surface area contributed by atoms with E-state index < -0.39 is 10.8 Å². The molecule has 1 heterocycles. The Labute approximate surface area is 119 Å². The minimum atomic E-state index is -0.660. The Morgan fingerprint density at radius 3 is 2.95 bits per heavy atom. The molecule has 0 saturated carbocycles. The number of nitrogens with zero attached hydrogens (tertiary/aromatic N) is 3. The molecule has 7 nitrogen and oxygen atoms in total. The summed E-state index contributed by atoms with van der Waals surface area (Å²) in [5.74, 6) is -0.528. The van der Waals surface area contributed by atoms with Crippen molar-refractivity contribution in [2.75, 3.05) is 6.54 Å². The van der Waals surface area contributed by atoms with Gasteiger partial charge in [0.1, 0.15) is 10.6 Å². The minimum Gasteiger partial charge on any atom is -0.350 e. The van der Waals surface area contributed by atoms with E-state index in [2.05, 4.69) is 10.3 Å². The number of rotatable bonds is 5. The molecule has 2 aromatic rings. The third-order valence-electron chi connectivity index (χ3n) is 2.63. The van der Waals surface area contributed by atoms with E-state index in [0.29, 0.717) is 13.1 Å². The van der Waals surface area contributed by atoms with Crippen molar-refractivity contribution in [3.8, 4) is 0 Å². The Hall–Kier alpha value is -2.41. The molecule has 0 radical (unpaired) electrons. The molecular weight excluding hydrogens is 284 g/mol. The lowest BCUT2D eigenvalue weighted by molar-refractivity contribution is -0.385. The number of aromatic nitrogens is 2. The number of amides is 1. The van der Waals surface area contributed by atoms with E-state index in [4.69, 9.17) is 11.6 Å². The van der Waals surface area contributed by atoms with Crippen LogP contribution in [0.2, 0.25) is 5.02 Å². The Bertz CT molecular complexity index is 628. The Kier molecular flexibility index (Phi) is 4.31. The summed E-state index contributed by atoms with van der Waals surface area (Å²) in [6, 6.07) is 4.25. The van der Waals surface area contributed by atoms with Crippen LogP contribution in [0.3, 0.4) is 0 Å². The van der Waals surface area contributed by atoms with Crippen molar-refractivity contribution in [1.29, 1.82) is 0 Å². The van der Waals surface area contributed by atoms with Crippen molar-refractivity contribution in [3.05, 3.63) is 57.6 Å². The van der Waals surface area contributed by atoms with Crippen molar-refractivity contribution >= 4 is 23.2 Å². The normalized spacial score (nSPS) is 10.2. The molecule has 8 heteroatoms. The third-order valence-corrected chi connectivity index (χ3v) is 2.93. The first kappa shape index (κ1) is 14.0. The highest BCUT2D eigenvalue weighted by Gasteiger charge is 2.23. The van der Waals surface area contributed by atoms with Crippen LogP contribution in [0.1, 0.15) is 10.4 Å². The number of carbonyl (C=O) groups is 1. The summed E-state index contributed by atoms with van der Waals surface area (Å²) >= 11 is 5.75. The van der Waals surface area contributed by atoms with Gasteiger partial charge in [0.2, 0.25) is 0 Å². The van der Waals surface area contributed by atoms with Crippen molar-refractivity contribution in [2.45, 2.75) is 6.54 Å². The van der Waals surface area contributed by atoms with E-state index in [-0.39, 0.29) is 16.3 Å². The van der Waals surface area contributed by atoms with Gasteiger partial charge in [-0.3, -0.25) is 14.9 Å². The van der Waals surface area contributed by atoms with Gasteiger partial charge in [0.15, 0.2) is 0 Å². The summed E-state index contributed by atoms with van der Waals surface area (Å²) in [5, 5.41) is 13.5. The van der Waals surface area contributed by atoms with Gasteiger partial charge in [-0.2, -0.15) is 0 Å². The van der Waals surface area contributed by atoms with E-state index in [0.717, 1.165) is 0 Å². The summed E-state index contributed by atoms with van der Waals surface area (Å²) < 4.78 is 1.78. The van der Waals surface area contributed by atoms with Gasteiger partial charge in [-0.15, -0.1) is 0 Å². The topological polar surface area (TPSA) is 90.1 Å². The lowest BCUT2D eigenvalue weighted by Crippen LogP contribution is -2.27. The highest BCUT2D eigenvalue weighted by Crippen LogP contribution is 2.27. The van der Waals surface area contributed by atoms with Crippen LogP contribution in [0.4, 0.5) is 5.69 Å². The Morgan fingerprint density at radius 1 is 1.50 bits per heavy atom. The summed E-state index contributed by atoms with van der Waals surface area (Å²) in [4.78, 5) is 26.1. The molecule has 0 unspecified atom stereocenters. The van der Waals surface area contributed by atoms with Gasteiger partial charge in [0, 0.05) is 25.5 Å². The molecule has 0 spiro atoms. The van der Waals surface area contributed by atoms with Gasteiger partial charge in [0.05, 0.1) is 11.3 Å². The highest BCUT2D eigenvalue weighted by atomic mass is 35.5. The van der Waals surface area contributed by atoms with Crippen LogP contribution in [0, 0.1) is 10.1 Å². The van der Waals surface area contributed by atoms with Crippen molar-refractivity contribution in [2.24, 2.45) is 0 Å². The van der Waals surface area contributed by atoms with Crippen LogP contribution in [0.25, 0.3) is 0 Å². The van der Waals surface area contributed by atoms with Gasteiger partial charge in [-0.25, -0.2) is 4.98 Å². The number of nitro benzene ring substituents is 1. The molecule has 0 aliphatic rings. The van der Waals surface area contributed by atoms with Gasteiger partial charge in [-0.1, -0.05) is 17.7 Å². The largest absolute Gasteiger partial charge is 0.350 e. The molecule has 0 aliphatic carbocycles. The number of nitrogens with one attached hydrogen (secondary N) is 1. The molecule has 1 amide bonds. The fourth-order valence-electron chi connectivity index (χ4n) is 1.70. The van der Waals surface area contributed by atoms with Crippen LogP contribution in [0.5, 0.6) is 0 Å². The number of hydrogen-bond donors (Lipinski definition) is 1. The Balaban J connectivity index is 2.06. The SMILES string of the molecule is O=C(NCCn1ccnc1)c1cccc(Cl)c1[N+](=O)[O-]. The molecule has 0 fully saturated rings. The number of hydrogen-bond acceptors (Lipinski definition) is 4. The maximum absolute atomic E-state index is 12.0. The van der Waals surface area contributed by atoms with Crippen molar-refractivity contribution in [1.82, 2.24) is 14.9 Å². The van der Waals surface area contributed by atoms with Gasteiger partial charge < -0.3 is 9.88 Å². The molecule has 0 saturated heterocycles. The van der Waals surface area contributed by atoms with Gasteiger partial charge in [0.25, 0.3) is 5.91 Å². The summed E-state index contributed by atoms with van der Waals surface area (Å²) in [5.41, 5.74) is -0.428. The van der Waals surface area contributed by atoms with E-state index in [9.17, 15) is 14.9 Å². The molecule has 1 N–H and O–H groups in total. The van der Waals surface area contributed by atoms with E-state index in [1.165, 1.54) is 18.2 Å². The molecule has 0 bridgehead atoms. The van der Waals surface area contributed by atoms with Gasteiger partial charge >= 0.3 is 5.69 Å². The first-order chi connectivity index (χ1) is 9.59. The predicted octanol–water partition coefficient (Wildman–Crippen LogP) is 1.87. The van der Waals surface area contributed by atoms with Gasteiger partial charge in [-0.05, 0) is 12.1 Å². The number of carbonyl (C=O) groups excluding carboxylic acids is 1. The second-order valence-corrected chi connectivity index (χ2v) is 4.36. The zero-order chi connectivity index (χ0) is 14.5. The van der Waals surface area contributed by atoms with E-state index >= 15 is 0 Å². The lowest BCUT2D eigenvalue weighted by atomic mass is 10.1. The van der Waals surface area contributed by atoms with E-state index in [1.54, 1.807) is 23.3 Å². The molecule has 0 aliphatic heterocycles. The number of nitro groups is 1. The first-order valence-electron chi connectivity index (χ1n) is 5.76. The van der Waals surface area contributed by atoms with Crippen LogP contribution < -0.4 is 5.32 Å². The summed E-state index contributed by atoms with van der Waals surface area (Å²) in [6.45, 7) is 0.860. The summed E-state index contributed by atoms with van der Waals surface area (Å²) in [7, 11) is 0. The zero-order valence-corrected chi connectivity index (χ0v) is 11.1. The molecule has 2 rings (SSSR count). The summed E-state index contributed by atoms with van der Waals surface area (Å²) in [6.07, 6.45) is 5.01. The maximum Gasteiger partial charge on any atom is 0.300 e. The van der Waals surface area contributed by atoms with Crippen LogP contribution in [0.15, 0.2) is 36.9 Å². The molecule has 1 aromatic carbocycles. The quantitative estimate of drug-likeness (QED) is 0.673. The van der Waals surface area contributed by atoms with Crippen molar-refractivity contribution < 1.29 is 9.72 Å². The van der Waals surface area contributed by atoms with Crippen LogP contribution in [-0.4, -0.2) is 26.9 Å². The molecular formula is C12H11ClN4O3. The number of imidazole rings is 1. The smallest absolute Gasteiger partial charge is 0.300 e. The van der Waals surface area contributed by atoms with Crippen molar-refractivity contribution in [3.63, 3.8) is 0 Å². The molecule has 20 heavy (non-hydrogen) atoms. The molecule has 0 atom stereocenters. The standard InChI is InChI=1S/C12H11ClN4O3/c13-10-3-1-2-9(11(10)17(19)20)12(18)15-5-7-16-6-4-14-8-16/h1-4,6,8H,5,7H2,(H,15,18). The fraction of sp³-hybridized carbons (Fsp3) is 0.167. The minimum absolute atomic E-state index is 0.0480. The lowest BCUT2D eigenvalue weighted by Gasteiger charge is -2.07. The van der Waals surface area contributed by atoms with Crippen LogP contribution in [-0.2, 0) is 6.54 Å². The van der Waals surface area contributed by atoms with E-state index in [1.807, 2.05) is 0 Å². The zero-order valence-electron chi connectivity index (χ0n) is 10.3. The highest BCUT2D eigenvalue weighted by molar-refractivity contribution is 6.33. The first-order valence-corrected chi connectivity index (χ1v) is 6.14. The van der Waals surface area contributed by atoms with Crippen LogP contribution >= 0.6 is 11.6 Å². The second kappa shape index (κ2) is 6.16. The number of para-hydroxylation sites is 1. The number of benzene rings is 1. The third kappa shape index (κ3) is 3.12. The molecule has 1 aromatic heterocycles. The fourth-order valence-corrected chi connectivity index (χ4v) is 1.94. The predicted molar refractivity (Wildman–Crippen MR) is 72.7 cm³/mol. The average molecular weight is 295 g/mol. The second-order valence-electron chi connectivity index (χ2n) is 3.95.